The largest absolute Gasteiger partial charge is 0.373 e. The molecule has 16 heavy (non-hydrogen) atoms. The second-order valence-corrected chi connectivity index (χ2v) is 5.44. The highest BCUT2D eigenvalue weighted by Gasteiger charge is 2.13. The van der Waals surface area contributed by atoms with Crippen molar-refractivity contribution in [2.24, 2.45) is 0 Å². The number of nitrogens with one attached hydrogen (secondary N) is 1. The summed E-state index contributed by atoms with van der Waals surface area (Å²) in [7, 11) is 0. The Hall–Kier alpha value is -0.380. The van der Waals surface area contributed by atoms with E-state index in [-0.39, 0.29) is 6.10 Å². The highest BCUT2D eigenvalue weighted by Crippen LogP contribution is 2.22. The topological polar surface area (TPSA) is 21.3 Å². The zero-order chi connectivity index (χ0) is 11.2. The molecule has 1 saturated heterocycles. The van der Waals surface area contributed by atoms with Gasteiger partial charge >= 0.3 is 0 Å². The second kappa shape index (κ2) is 6.38. The standard InChI is InChI=1S/C13H21NOS/c1-11(13-6-4-10-16-13)15-9-7-12-5-2-3-8-14-12/h4,6,10-12,14H,2-3,5,7-9H2,1H3. The Labute approximate surface area is 102 Å². The quantitative estimate of drug-likeness (QED) is 0.850. The monoisotopic (exact) mass is 239 g/mol. The number of thiophene rings is 1. The van der Waals surface area contributed by atoms with Crippen LogP contribution in [0.5, 0.6) is 0 Å². The molecule has 3 heteroatoms. The smallest absolute Gasteiger partial charge is 0.0888 e. The van der Waals surface area contributed by atoms with E-state index in [0.29, 0.717) is 6.04 Å². The van der Waals surface area contributed by atoms with Crippen molar-refractivity contribution >= 4 is 11.3 Å². The van der Waals surface area contributed by atoms with E-state index in [1.165, 1.54) is 30.7 Å². The number of rotatable bonds is 5. The van der Waals surface area contributed by atoms with Crippen LogP contribution in [0.4, 0.5) is 0 Å². The lowest BCUT2D eigenvalue weighted by atomic mass is 10.0. The van der Waals surface area contributed by atoms with Crippen LogP contribution in [0.2, 0.25) is 0 Å². The summed E-state index contributed by atoms with van der Waals surface area (Å²) in [6, 6.07) is 4.92. The predicted molar refractivity (Wildman–Crippen MR) is 68.9 cm³/mol. The Bertz CT molecular complexity index is 280. The first-order valence-electron chi connectivity index (χ1n) is 6.24. The molecule has 2 unspecified atom stereocenters. The molecule has 1 aliphatic heterocycles. The van der Waals surface area contributed by atoms with Gasteiger partial charge in [0, 0.05) is 17.5 Å². The summed E-state index contributed by atoms with van der Waals surface area (Å²) in [5.41, 5.74) is 0. The van der Waals surface area contributed by atoms with Crippen LogP contribution in [0, 0.1) is 0 Å². The number of ether oxygens (including phenoxy) is 1. The van der Waals surface area contributed by atoms with Gasteiger partial charge in [0.15, 0.2) is 0 Å². The molecule has 1 aromatic rings. The first-order valence-corrected chi connectivity index (χ1v) is 7.12. The normalized spacial score (nSPS) is 23.2. The highest BCUT2D eigenvalue weighted by molar-refractivity contribution is 7.10. The minimum Gasteiger partial charge on any atom is -0.373 e. The Morgan fingerprint density at radius 3 is 3.19 bits per heavy atom. The summed E-state index contributed by atoms with van der Waals surface area (Å²) in [4.78, 5) is 1.33. The molecule has 0 bridgehead atoms. The molecule has 1 aromatic heterocycles. The first kappa shape index (κ1) is 12.1. The molecule has 0 amide bonds. The lowest BCUT2D eigenvalue weighted by molar-refractivity contribution is 0.0595. The van der Waals surface area contributed by atoms with Crippen molar-refractivity contribution in [2.45, 2.75) is 44.8 Å². The third-order valence-corrected chi connectivity index (χ3v) is 4.22. The molecule has 0 aromatic carbocycles. The van der Waals surface area contributed by atoms with Gasteiger partial charge in [-0.3, -0.25) is 0 Å². The Morgan fingerprint density at radius 2 is 2.50 bits per heavy atom. The highest BCUT2D eigenvalue weighted by atomic mass is 32.1. The van der Waals surface area contributed by atoms with Crippen molar-refractivity contribution in [3.63, 3.8) is 0 Å². The minimum absolute atomic E-state index is 0.253. The van der Waals surface area contributed by atoms with Crippen molar-refractivity contribution in [1.82, 2.24) is 5.32 Å². The van der Waals surface area contributed by atoms with Gasteiger partial charge in [-0.15, -0.1) is 11.3 Å². The Balaban J connectivity index is 1.63. The van der Waals surface area contributed by atoms with E-state index in [1.807, 2.05) is 0 Å². The number of piperidine rings is 1. The van der Waals surface area contributed by atoms with E-state index in [0.717, 1.165) is 13.0 Å². The number of hydrogen-bond acceptors (Lipinski definition) is 3. The van der Waals surface area contributed by atoms with Crippen LogP contribution in [0.3, 0.4) is 0 Å². The molecule has 0 radical (unpaired) electrons. The minimum atomic E-state index is 0.253. The summed E-state index contributed by atoms with van der Waals surface area (Å²) in [5, 5.41) is 5.66. The third-order valence-electron chi connectivity index (χ3n) is 3.19. The summed E-state index contributed by atoms with van der Waals surface area (Å²) in [6.07, 6.45) is 5.43. The van der Waals surface area contributed by atoms with Crippen LogP contribution in [0.1, 0.15) is 43.6 Å². The third kappa shape index (κ3) is 3.58. The first-order chi connectivity index (χ1) is 7.86. The molecular formula is C13H21NOS. The van der Waals surface area contributed by atoms with Crippen molar-refractivity contribution in [2.75, 3.05) is 13.2 Å². The van der Waals surface area contributed by atoms with Gasteiger partial charge in [-0.1, -0.05) is 12.5 Å². The molecule has 2 nitrogen and oxygen atoms in total. The lowest BCUT2D eigenvalue weighted by Gasteiger charge is -2.23. The van der Waals surface area contributed by atoms with Gasteiger partial charge in [0.2, 0.25) is 0 Å². The van der Waals surface area contributed by atoms with Gasteiger partial charge in [-0.2, -0.15) is 0 Å². The van der Waals surface area contributed by atoms with Crippen LogP contribution in [-0.4, -0.2) is 19.2 Å². The van der Waals surface area contributed by atoms with Crippen LogP contribution in [0.15, 0.2) is 17.5 Å². The van der Waals surface area contributed by atoms with E-state index in [9.17, 15) is 0 Å². The Morgan fingerprint density at radius 1 is 1.56 bits per heavy atom. The van der Waals surface area contributed by atoms with E-state index < -0.39 is 0 Å². The van der Waals surface area contributed by atoms with Crippen LogP contribution < -0.4 is 5.32 Å². The van der Waals surface area contributed by atoms with Crippen molar-refractivity contribution in [3.8, 4) is 0 Å². The van der Waals surface area contributed by atoms with Crippen molar-refractivity contribution in [3.05, 3.63) is 22.4 Å². The zero-order valence-electron chi connectivity index (χ0n) is 9.95. The maximum Gasteiger partial charge on any atom is 0.0888 e. The molecule has 2 atom stereocenters. The molecular weight excluding hydrogens is 218 g/mol. The number of hydrogen-bond donors (Lipinski definition) is 1. The van der Waals surface area contributed by atoms with Crippen LogP contribution in [0.25, 0.3) is 0 Å². The molecule has 0 saturated carbocycles. The van der Waals surface area contributed by atoms with Crippen molar-refractivity contribution < 1.29 is 4.74 Å². The summed E-state index contributed by atoms with van der Waals surface area (Å²) >= 11 is 1.78. The van der Waals surface area contributed by atoms with Crippen LogP contribution in [-0.2, 0) is 4.74 Å². The fourth-order valence-electron chi connectivity index (χ4n) is 2.16. The van der Waals surface area contributed by atoms with Crippen molar-refractivity contribution in [1.29, 1.82) is 0 Å². The molecule has 2 rings (SSSR count). The summed E-state index contributed by atoms with van der Waals surface area (Å²) in [5.74, 6) is 0. The maximum atomic E-state index is 5.86. The van der Waals surface area contributed by atoms with E-state index in [4.69, 9.17) is 4.74 Å². The fourth-order valence-corrected chi connectivity index (χ4v) is 2.89. The van der Waals surface area contributed by atoms with Gasteiger partial charge in [0.1, 0.15) is 0 Å². The summed E-state index contributed by atoms with van der Waals surface area (Å²) < 4.78 is 5.86. The molecule has 90 valence electrons. The van der Waals surface area contributed by atoms with E-state index in [2.05, 4.69) is 29.8 Å². The van der Waals surface area contributed by atoms with Gasteiger partial charge in [0.25, 0.3) is 0 Å². The lowest BCUT2D eigenvalue weighted by Crippen LogP contribution is -2.34. The van der Waals surface area contributed by atoms with E-state index in [1.54, 1.807) is 11.3 Å². The average molecular weight is 239 g/mol. The van der Waals surface area contributed by atoms with Gasteiger partial charge in [-0.25, -0.2) is 0 Å². The molecule has 1 aliphatic rings. The van der Waals surface area contributed by atoms with Crippen LogP contribution >= 0.6 is 11.3 Å². The van der Waals surface area contributed by atoms with Gasteiger partial charge < -0.3 is 10.1 Å². The van der Waals surface area contributed by atoms with Gasteiger partial charge in [0.05, 0.1) is 6.10 Å². The molecule has 1 fully saturated rings. The predicted octanol–water partition coefficient (Wildman–Crippen LogP) is 3.36. The molecule has 0 aliphatic carbocycles. The molecule has 0 spiro atoms. The maximum absolute atomic E-state index is 5.86. The van der Waals surface area contributed by atoms with E-state index >= 15 is 0 Å². The second-order valence-electron chi connectivity index (χ2n) is 4.46. The molecule has 2 heterocycles. The Kier molecular flexibility index (Phi) is 4.82. The zero-order valence-corrected chi connectivity index (χ0v) is 10.8. The SMILES string of the molecule is CC(OCCC1CCCCN1)c1cccs1. The summed E-state index contributed by atoms with van der Waals surface area (Å²) in [6.45, 7) is 4.20. The average Bonchev–Trinajstić information content (AvgIpc) is 2.84. The molecule has 1 N–H and O–H groups in total. The van der Waals surface area contributed by atoms with Gasteiger partial charge in [-0.05, 0) is 44.2 Å². The fraction of sp³-hybridized carbons (Fsp3) is 0.692.